The highest BCUT2D eigenvalue weighted by atomic mass is 16.7. The number of hydrogen-bond acceptors (Lipinski definition) is 6. The van der Waals surface area contributed by atoms with Gasteiger partial charge in [0.1, 0.15) is 0 Å². The van der Waals surface area contributed by atoms with E-state index in [1.54, 1.807) is 20.3 Å². The average molecular weight is 362 g/mol. The third kappa shape index (κ3) is 4.37. The van der Waals surface area contributed by atoms with Crippen LogP contribution in [0.5, 0.6) is 11.8 Å². The van der Waals surface area contributed by atoms with Crippen LogP contribution < -0.4 is 14.8 Å². The van der Waals surface area contributed by atoms with Gasteiger partial charge in [-0.1, -0.05) is 6.08 Å². The Balaban J connectivity index is 2.39. The maximum absolute atomic E-state index is 11.4. The summed E-state index contributed by atoms with van der Waals surface area (Å²) in [6.45, 7) is 9.70. The molecular formula is C18H27BN2O5. The second kappa shape index (κ2) is 7.67. The molecule has 1 saturated heterocycles. The molecule has 0 spiro atoms. The average Bonchev–Trinajstić information content (AvgIpc) is 2.79. The predicted octanol–water partition coefficient (Wildman–Crippen LogP) is 2.25. The van der Waals surface area contributed by atoms with Crippen LogP contribution in [-0.4, -0.2) is 50.0 Å². The molecular weight excluding hydrogens is 335 g/mol. The zero-order chi connectivity index (χ0) is 19.5. The number of nitrogens with one attached hydrogen (secondary N) is 1. The molecule has 0 saturated carbocycles. The summed E-state index contributed by atoms with van der Waals surface area (Å²) in [5, 5.41) is 2.80. The summed E-state index contributed by atoms with van der Waals surface area (Å²) in [5.74, 6) is 0.742. The van der Waals surface area contributed by atoms with E-state index in [2.05, 4.69) is 10.3 Å². The first-order valence-corrected chi connectivity index (χ1v) is 8.49. The molecule has 0 atom stereocenters. The van der Waals surface area contributed by atoms with Gasteiger partial charge in [0.25, 0.3) is 0 Å². The zero-order valence-electron chi connectivity index (χ0n) is 16.5. The maximum atomic E-state index is 11.4. The number of amides is 1. The summed E-state index contributed by atoms with van der Waals surface area (Å²) >= 11 is 0. The van der Waals surface area contributed by atoms with Crippen molar-refractivity contribution in [3.63, 3.8) is 0 Å². The van der Waals surface area contributed by atoms with E-state index in [-0.39, 0.29) is 5.91 Å². The van der Waals surface area contributed by atoms with Gasteiger partial charge in [-0.25, -0.2) is 0 Å². The second-order valence-electron chi connectivity index (χ2n) is 7.17. The van der Waals surface area contributed by atoms with Gasteiger partial charge in [0.05, 0.1) is 25.4 Å². The number of hydrogen-bond donors (Lipinski definition) is 1. The molecule has 2 rings (SSSR count). The first kappa shape index (κ1) is 20.3. The van der Waals surface area contributed by atoms with Gasteiger partial charge < -0.3 is 24.1 Å². The smallest absolute Gasteiger partial charge is 0.481 e. The van der Waals surface area contributed by atoms with E-state index in [9.17, 15) is 4.79 Å². The van der Waals surface area contributed by atoms with E-state index in [0.29, 0.717) is 18.3 Å². The van der Waals surface area contributed by atoms with Crippen LogP contribution >= 0.6 is 0 Å². The van der Waals surface area contributed by atoms with Crippen molar-refractivity contribution in [2.24, 2.45) is 0 Å². The van der Waals surface area contributed by atoms with Gasteiger partial charge in [0, 0.05) is 25.1 Å². The summed E-state index contributed by atoms with van der Waals surface area (Å²) in [4.78, 5) is 15.7. The molecule has 1 amide bonds. The first-order chi connectivity index (χ1) is 12.1. The first-order valence-electron chi connectivity index (χ1n) is 8.49. The molecule has 1 aromatic heterocycles. The van der Waals surface area contributed by atoms with Gasteiger partial charge in [-0.15, -0.1) is 0 Å². The van der Waals surface area contributed by atoms with E-state index in [4.69, 9.17) is 18.8 Å². The number of nitrogens with zero attached hydrogens (tertiary/aromatic N) is 1. The summed E-state index contributed by atoms with van der Waals surface area (Å²) in [6, 6.07) is 3.58. The molecule has 2 heterocycles. The molecule has 1 aromatic rings. The van der Waals surface area contributed by atoms with Gasteiger partial charge in [-0.2, -0.15) is 4.98 Å². The number of aromatic nitrogens is 1. The SMILES string of the molecule is COc1ccc(C=C(CNC(C)=O)B2OC(C)(C)C(C)(C)O2)c(OC)n1. The van der Waals surface area contributed by atoms with Crippen LogP contribution in [0.25, 0.3) is 6.08 Å². The number of carbonyl (C=O) groups excluding carboxylic acids is 1. The third-order valence-corrected chi connectivity index (χ3v) is 4.70. The van der Waals surface area contributed by atoms with E-state index in [1.807, 2.05) is 39.8 Å². The Morgan fingerprint density at radius 1 is 1.19 bits per heavy atom. The standard InChI is InChI=1S/C18H27BN2O5/c1-12(22)20-11-14(19-25-17(2,3)18(4,5)26-19)10-13-8-9-15(23-6)21-16(13)24-7/h8-10H,11H2,1-7H3,(H,20,22). The second-order valence-corrected chi connectivity index (χ2v) is 7.17. The molecule has 7 nitrogen and oxygen atoms in total. The zero-order valence-corrected chi connectivity index (χ0v) is 16.5. The quantitative estimate of drug-likeness (QED) is 0.782. The van der Waals surface area contributed by atoms with Gasteiger partial charge in [0.15, 0.2) is 0 Å². The molecule has 0 bridgehead atoms. The Morgan fingerprint density at radius 3 is 2.31 bits per heavy atom. The molecule has 1 fully saturated rings. The Kier molecular flexibility index (Phi) is 5.98. The van der Waals surface area contributed by atoms with Crippen LogP contribution in [-0.2, 0) is 14.1 Å². The summed E-state index contributed by atoms with van der Waals surface area (Å²) in [5.41, 5.74) is 0.553. The highest BCUT2D eigenvalue weighted by Crippen LogP contribution is 2.39. The molecule has 0 radical (unpaired) electrons. The van der Waals surface area contributed by atoms with Gasteiger partial charge in [0.2, 0.25) is 17.7 Å². The van der Waals surface area contributed by atoms with Crippen LogP contribution in [0.3, 0.4) is 0 Å². The fourth-order valence-corrected chi connectivity index (χ4v) is 2.44. The van der Waals surface area contributed by atoms with Crippen molar-refractivity contribution in [1.82, 2.24) is 10.3 Å². The maximum Gasteiger partial charge on any atom is 0.492 e. The van der Waals surface area contributed by atoms with Crippen molar-refractivity contribution < 1.29 is 23.6 Å². The number of rotatable bonds is 6. The number of ether oxygens (including phenoxy) is 2. The van der Waals surface area contributed by atoms with Crippen molar-refractivity contribution in [3.8, 4) is 11.8 Å². The largest absolute Gasteiger partial charge is 0.492 e. The van der Waals surface area contributed by atoms with Crippen LogP contribution in [0.1, 0.15) is 40.2 Å². The van der Waals surface area contributed by atoms with Crippen molar-refractivity contribution in [2.75, 3.05) is 20.8 Å². The van der Waals surface area contributed by atoms with E-state index in [0.717, 1.165) is 11.0 Å². The van der Waals surface area contributed by atoms with E-state index in [1.165, 1.54) is 6.92 Å². The highest BCUT2D eigenvalue weighted by Gasteiger charge is 2.52. The molecule has 1 N–H and O–H groups in total. The number of carbonyl (C=O) groups is 1. The van der Waals surface area contributed by atoms with Crippen LogP contribution in [0.15, 0.2) is 17.6 Å². The minimum Gasteiger partial charge on any atom is -0.481 e. The van der Waals surface area contributed by atoms with Crippen molar-refractivity contribution in [2.45, 2.75) is 45.8 Å². The fraction of sp³-hybridized carbons (Fsp3) is 0.556. The van der Waals surface area contributed by atoms with Crippen LogP contribution in [0, 0.1) is 0 Å². The monoisotopic (exact) mass is 362 g/mol. The van der Waals surface area contributed by atoms with Crippen LogP contribution in [0.2, 0.25) is 0 Å². The Morgan fingerprint density at radius 2 is 1.81 bits per heavy atom. The molecule has 0 unspecified atom stereocenters. The van der Waals surface area contributed by atoms with Crippen LogP contribution in [0.4, 0.5) is 0 Å². The minimum atomic E-state index is -0.585. The normalized spacial score (nSPS) is 18.6. The lowest BCUT2D eigenvalue weighted by atomic mass is 9.77. The molecule has 1 aliphatic heterocycles. The lowest BCUT2D eigenvalue weighted by Gasteiger charge is -2.32. The van der Waals surface area contributed by atoms with Crippen molar-refractivity contribution in [3.05, 3.63) is 23.2 Å². The lowest BCUT2D eigenvalue weighted by Crippen LogP contribution is -2.41. The fourth-order valence-electron chi connectivity index (χ4n) is 2.44. The number of pyridine rings is 1. The van der Waals surface area contributed by atoms with Crippen molar-refractivity contribution >= 4 is 19.1 Å². The minimum absolute atomic E-state index is 0.132. The summed E-state index contributed by atoms with van der Waals surface area (Å²) in [7, 11) is 2.50. The molecule has 1 aliphatic rings. The molecule has 0 aromatic carbocycles. The molecule has 8 heteroatoms. The predicted molar refractivity (Wildman–Crippen MR) is 100 cm³/mol. The summed E-state index contributed by atoms with van der Waals surface area (Å²) < 4.78 is 22.7. The Bertz CT molecular complexity index is 687. The van der Waals surface area contributed by atoms with Gasteiger partial charge in [-0.3, -0.25) is 4.79 Å². The number of methoxy groups -OCH3 is 2. The molecule has 142 valence electrons. The van der Waals surface area contributed by atoms with Gasteiger partial charge in [-0.05, 0) is 39.2 Å². The third-order valence-electron chi connectivity index (χ3n) is 4.70. The lowest BCUT2D eigenvalue weighted by molar-refractivity contribution is -0.118. The van der Waals surface area contributed by atoms with Crippen molar-refractivity contribution in [1.29, 1.82) is 0 Å². The topological polar surface area (TPSA) is 78.9 Å². The Labute approximate surface area is 155 Å². The Hall–Kier alpha value is -2.06. The van der Waals surface area contributed by atoms with E-state index < -0.39 is 18.3 Å². The molecule has 0 aliphatic carbocycles. The van der Waals surface area contributed by atoms with Gasteiger partial charge >= 0.3 is 7.12 Å². The highest BCUT2D eigenvalue weighted by molar-refractivity contribution is 6.56. The molecule has 26 heavy (non-hydrogen) atoms. The van der Waals surface area contributed by atoms with E-state index >= 15 is 0 Å². The summed E-state index contributed by atoms with van der Waals surface area (Å²) in [6.07, 6.45) is 1.86.